The predicted molar refractivity (Wildman–Crippen MR) is 86.1 cm³/mol. The van der Waals surface area contributed by atoms with Gasteiger partial charge in [-0.2, -0.15) is 0 Å². The second-order valence-electron chi connectivity index (χ2n) is 4.89. The van der Waals surface area contributed by atoms with Crippen LogP contribution in [0.2, 0.25) is 0 Å². The van der Waals surface area contributed by atoms with Gasteiger partial charge in [-0.25, -0.2) is 0 Å². The van der Waals surface area contributed by atoms with Crippen LogP contribution in [0, 0.1) is 0 Å². The zero-order chi connectivity index (χ0) is 13.9. The number of fused-ring (bicyclic) bond motifs is 1. The van der Waals surface area contributed by atoms with Crippen LogP contribution in [-0.4, -0.2) is 23.9 Å². The molecule has 104 valence electrons. The molecule has 0 radical (unpaired) electrons. The first-order valence-electron chi connectivity index (χ1n) is 6.54. The summed E-state index contributed by atoms with van der Waals surface area (Å²) >= 11 is 5.22. The maximum atomic E-state index is 12.1. The number of nitrogens with one attached hydrogen (secondary N) is 1. The Morgan fingerprint density at radius 1 is 1.40 bits per heavy atom. The molecule has 1 N–H and O–H groups in total. The topological polar surface area (TPSA) is 32.3 Å². The first-order valence-corrected chi connectivity index (χ1v) is 8.21. The molecule has 0 saturated carbocycles. The highest BCUT2D eigenvalue weighted by Crippen LogP contribution is 2.23. The Balaban J connectivity index is 1.57. The largest absolute Gasteiger partial charge is 0.325 e. The highest BCUT2D eigenvalue weighted by molar-refractivity contribution is 9.10. The number of hydrogen-bond donors (Lipinski definition) is 1. The summed E-state index contributed by atoms with van der Waals surface area (Å²) < 4.78 is 0.969. The molecule has 0 atom stereocenters. The molecular formula is C15H15BrN2OS. The van der Waals surface area contributed by atoms with Crippen molar-refractivity contribution in [2.45, 2.75) is 13.0 Å². The molecule has 0 aliphatic carbocycles. The van der Waals surface area contributed by atoms with Crippen molar-refractivity contribution in [1.29, 1.82) is 0 Å². The number of carbonyl (C=O) groups is 1. The van der Waals surface area contributed by atoms with Crippen molar-refractivity contribution < 1.29 is 4.79 Å². The number of halogens is 1. The highest BCUT2D eigenvalue weighted by atomic mass is 79.9. The lowest BCUT2D eigenvalue weighted by molar-refractivity contribution is -0.117. The quantitative estimate of drug-likeness (QED) is 0.918. The first-order chi connectivity index (χ1) is 9.70. The van der Waals surface area contributed by atoms with Gasteiger partial charge in [-0.15, -0.1) is 11.3 Å². The van der Waals surface area contributed by atoms with E-state index in [1.54, 1.807) is 0 Å². The number of nitrogens with zero attached hydrogens (tertiary/aromatic N) is 1. The van der Waals surface area contributed by atoms with Crippen molar-refractivity contribution in [3.63, 3.8) is 0 Å². The summed E-state index contributed by atoms with van der Waals surface area (Å²) in [4.78, 5) is 15.7. The van der Waals surface area contributed by atoms with E-state index in [0.29, 0.717) is 6.54 Å². The molecule has 1 amide bonds. The van der Waals surface area contributed by atoms with Crippen LogP contribution in [0.15, 0.2) is 40.2 Å². The Hall–Kier alpha value is -1.17. The van der Waals surface area contributed by atoms with Crippen LogP contribution in [0.4, 0.5) is 5.69 Å². The molecule has 20 heavy (non-hydrogen) atoms. The molecule has 2 aromatic rings. The molecule has 0 saturated heterocycles. The third-order valence-corrected chi connectivity index (χ3v) is 4.88. The summed E-state index contributed by atoms with van der Waals surface area (Å²) in [5.74, 6) is 0.0433. The summed E-state index contributed by atoms with van der Waals surface area (Å²) in [6.07, 6.45) is 1.05. The van der Waals surface area contributed by atoms with Crippen LogP contribution in [0.1, 0.15) is 10.4 Å². The molecule has 3 nitrogen and oxygen atoms in total. The molecule has 1 aromatic heterocycles. The Morgan fingerprint density at radius 2 is 2.30 bits per heavy atom. The van der Waals surface area contributed by atoms with Crippen molar-refractivity contribution in [2.24, 2.45) is 0 Å². The summed E-state index contributed by atoms with van der Waals surface area (Å²) in [6.45, 7) is 2.28. The lowest BCUT2D eigenvalue weighted by atomic mass is 10.1. The Kier molecular flexibility index (Phi) is 4.19. The third-order valence-electron chi connectivity index (χ3n) is 3.36. The molecule has 1 aliphatic heterocycles. The number of amides is 1. The second-order valence-corrected chi connectivity index (χ2v) is 6.80. The zero-order valence-electron chi connectivity index (χ0n) is 10.9. The minimum Gasteiger partial charge on any atom is -0.325 e. The molecule has 0 fully saturated rings. The van der Waals surface area contributed by atoms with Gasteiger partial charge in [-0.3, -0.25) is 9.69 Å². The summed E-state index contributed by atoms with van der Waals surface area (Å²) in [5.41, 5.74) is 2.20. The molecule has 3 rings (SSSR count). The number of benzene rings is 1. The van der Waals surface area contributed by atoms with E-state index in [1.165, 1.54) is 10.4 Å². The lowest BCUT2D eigenvalue weighted by Gasteiger charge is -2.26. The van der Waals surface area contributed by atoms with Crippen LogP contribution in [0.5, 0.6) is 0 Å². The van der Waals surface area contributed by atoms with Gasteiger partial charge in [0.15, 0.2) is 0 Å². The van der Waals surface area contributed by atoms with Crippen molar-refractivity contribution in [2.75, 3.05) is 18.4 Å². The lowest BCUT2D eigenvalue weighted by Crippen LogP contribution is -2.36. The van der Waals surface area contributed by atoms with Gasteiger partial charge in [0.1, 0.15) is 0 Å². The fourth-order valence-corrected chi connectivity index (χ4v) is 3.70. The molecule has 0 spiro atoms. The highest BCUT2D eigenvalue weighted by Gasteiger charge is 2.19. The number of anilines is 1. The van der Waals surface area contributed by atoms with Crippen LogP contribution in [0.25, 0.3) is 0 Å². The summed E-state index contributed by atoms with van der Waals surface area (Å²) in [5, 5.41) is 5.07. The smallest absolute Gasteiger partial charge is 0.238 e. The monoisotopic (exact) mass is 350 g/mol. The minimum atomic E-state index is 0.0433. The van der Waals surface area contributed by atoms with Crippen molar-refractivity contribution in [3.05, 3.63) is 50.6 Å². The van der Waals surface area contributed by atoms with E-state index in [4.69, 9.17) is 0 Å². The van der Waals surface area contributed by atoms with Crippen molar-refractivity contribution in [3.8, 4) is 0 Å². The van der Waals surface area contributed by atoms with Gasteiger partial charge in [-0.1, -0.05) is 22.0 Å². The number of thiophene rings is 1. The van der Waals surface area contributed by atoms with E-state index in [-0.39, 0.29) is 5.91 Å². The van der Waals surface area contributed by atoms with Gasteiger partial charge in [-0.05, 0) is 41.6 Å². The van der Waals surface area contributed by atoms with E-state index in [9.17, 15) is 4.79 Å². The average Bonchev–Trinajstić information content (AvgIpc) is 2.86. The van der Waals surface area contributed by atoms with Gasteiger partial charge < -0.3 is 5.32 Å². The van der Waals surface area contributed by atoms with Gasteiger partial charge in [0.25, 0.3) is 0 Å². The Morgan fingerprint density at radius 3 is 3.15 bits per heavy atom. The maximum absolute atomic E-state index is 12.1. The third kappa shape index (κ3) is 3.29. The van der Waals surface area contributed by atoms with Gasteiger partial charge in [0, 0.05) is 28.1 Å². The maximum Gasteiger partial charge on any atom is 0.238 e. The van der Waals surface area contributed by atoms with Gasteiger partial charge >= 0.3 is 0 Å². The standard InChI is InChI=1S/C15H15BrN2OS/c16-12-2-1-3-13(8-12)17-15(19)10-18-6-4-14-11(9-18)5-7-20-14/h1-3,5,7-8H,4,6,9-10H2,(H,17,19). The summed E-state index contributed by atoms with van der Waals surface area (Å²) in [7, 11) is 0. The molecule has 1 aromatic carbocycles. The number of rotatable bonds is 3. The molecular weight excluding hydrogens is 336 g/mol. The first kappa shape index (κ1) is 13.8. The van der Waals surface area contributed by atoms with Crippen molar-refractivity contribution >= 4 is 38.9 Å². The Labute approximate surface area is 130 Å². The van der Waals surface area contributed by atoms with E-state index in [1.807, 2.05) is 35.6 Å². The Bertz CT molecular complexity index is 626. The molecule has 2 heterocycles. The van der Waals surface area contributed by atoms with Crippen LogP contribution >= 0.6 is 27.3 Å². The molecule has 0 bridgehead atoms. The zero-order valence-corrected chi connectivity index (χ0v) is 13.3. The van der Waals surface area contributed by atoms with E-state index in [2.05, 4.69) is 37.6 Å². The second kappa shape index (κ2) is 6.08. The van der Waals surface area contributed by atoms with Gasteiger partial charge in [0.2, 0.25) is 5.91 Å². The van der Waals surface area contributed by atoms with Crippen LogP contribution < -0.4 is 5.32 Å². The SMILES string of the molecule is O=C(CN1CCc2sccc2C1)Nc1cccc(Br)c1. The van der Waals surface area contributed by atoms with Crippen molar-refractivity contribution in [1.82, 2.24) is 4.90 Å². The van der Waals surface area contributed by atoms with E-state index >= 15 is 0 Å². The number of carbonyl (C=O) groups excluding carboxylic acids is 1. The normalized spacial score (nSPS) is 14.8. The van der Waals surface area contributed by atoms with Crippen LogP contribution in [-0.2, 0) is 17.8 Å². The molecule has 0 unspecified atom stereocenters. The van der Waals surface area contributed by atoms with Crippen LogP contribution in [0.3, 0.4) is 0 Å². The fraction of sp³-hybridized carbons (Fsp3) is 0.267. The molecule has 1 aliphatic rings. The molecule has 5 heteroatoms. The summed E-state index contributed by atoms with van der Waals surface area (Å²) in [6, 6.07) is 9.83. The van der Waals surface area contributed by atoms with E-state index < -0.39 is 0 Å². The van der Waals surface area contributed by atoms with Gasteiger partial charge in [0.05, 0.1) is 6.54 Å². The minimum absolute atomic E-state index is 0.0433. The number of hydrogen-bond acceptors (Lipinski definition) is 3. The fourth-order valence-electron chi connectivity index (χ4n) is 2.41. The average molecular weight is 351 g/mol. The van der Waals surface area contributed by atoms with E-state index in [0.717, 1.165) is 29.7 Å². The predicted octanol–water partition coefficient (Wildman–Crippen LogP) is 3.51.